The predicted octanol–water partition coefficient (Wildman–Crippen LogP) is 3.77. The molecule has 0 saturated carbocycles. The first-order valence-electron chi connectivity index (χ1n) is 7.40. The van der Waals surface area contributed by atoms with E-state index in [0.29, 0.717) is 22.6 Å². The van der Waals surface area contributed by atoms with Crippen LogP contribution in [-0.4, -0.2) is 30.2 Å². The van der Waals surface area contributed by atoms with E-state index in [-0.39, 0.29) is 6.61 Å². The fraction of sp³-hybridized carbons (Fsp3) is 0.167. The van der Waals surface area contributed by atoms with Crippen molar-refractivity contribution in [2.24, 2.45) is 0 Å². The number of ether oxygens (including phenoxy) is 3. The second-order valence-electron chi connectivity index (χ2n) is 5.13. The van der Waals surface area contributed by atoms with Gasteiger partial charge in [0.1, 0.15) is 6.61 Å². The molecule has 0 spiro atoms. The highest BCUT2D eigenvalue weighted by molar-refractivity contribution is 9.10. The minimum Gasteiger partial charge on any atom is -0.493 e. The second-order valence-corrected chi connectivity index (χ2v) is 5.99. The maximum Gasteiger partial charge on any atom is 0.338 e. The zero-order valence-corrected chi connectivity index (χ0v) is 15.2. The number of carbonyl (C=O) groups is 1. The lowest BCUT2D eigenvalue weighted by molar-refractivity contribution is 0.0472. The number of carbonyl (C=O) groups excluding carboxylic acids is 1. The van der Waals surface area contributed by atoms with Crippen LogP contribution in [0.1, 0.15) is 15.9 Å². The zero-order valence-electron chi connectivity index (χ0n) is 13.7. The van der Waals surface area contributed by atoms with E-state index in [4.69, 9.17) is 14.2 Å². The Morgan fingerprint density at radius 1 is 1.00 bits per heavy atom. The molecule has 0 radical (unpaired) electrons. The number of fused-ring (bicyclic) bond motifs is 1. The van der Waals surface area contributed by atoms with Gasteiger partial charge in [-0.25, -0.2) is 4.79 Å². The minimum atomic E-state index is -0.436. The van der Waals surface area contributed by atoms with Gasteiger partial charge in [-0.15, -0.1) is 0 Å². The maximum absolute atomic E-state index is 12.3. The summed E-state index contributed by atoms with van der Waals surface area (Å²) in [5.74, 6) is 0.726. The Morgan fingerprint density at radius 3 is 2.40 bits per heavy atom. The molecule has 0 unspecified atom stereocenters. The molecule has 0 aliphatic heterocycles. The molecule has 0 N–H and O–H groups in total. The van der Waals surface area contributed by atoms with Gasteiger partial charge < -0.3 is 14.2 Å². The number of halogens is 1. The molecule has 0 atom stereocenters. The summed E-state index contributed by atoms with van der Waals surface area (Å²) in [4.78, 5) is 20.7. The number of esters is 1. The molecule has 7 heteroatoms. The summed E-state index contributed by atoms with van der Waals surface area (Å²) in [6.45, 7) is 0.0955. The normalized spacial score (nSPS) is 10.5. The van der Waals surface area contributed by atoms with Crippen LogP contribution in [0.2, 0.25) is 0 Å². The van der Waals surface area contributed by atoms with Crippen molar-refractivity contribution in [1.29, 1.82) is 0 Å². The van der Waals surface area contributed by atoms with Crippen LogP contribution in [0.5, 0.6) is 11.5 Å². The first kappa shape index (κ1) is 17.2. The summed E-state index contributed by atoms with van der Waals surface area (Å²) in [7, 11) is 3.12. The van der Waals surface area contributed by atoms with Gasteiger partial charge in [0.25, 0.3) is 0 Å². The van der Waals surface area contributed by atoms with E-state index in [1.165, 1.54) is 0 Å². The van der Waals surface area contributed by atoms with Crippen LogP contribution in [0.25, 0.3) is 11.0 Å². The molecule has 3 rings (SSSR count). The third kappa shape index (κ3) is 3.71. The summed E-state index contributed by atoms with van der Waals surface area (Å²) in [6, 6.07) is 8.61. The van der Waals surface area contributed by atoms with E-state index >= 15 is 0 Å². The van der Waals surface area contributed by atoms with Crippen molar-refractivity contribution in [3.8, 4) is 11.5 Å². The van der Waals surface area contributed by atoms with E-state index in [1.54, 1.807) is 56.9 Å². The van der Waals surface area contributed by atoms with Gasteiger partial charge in [0.15, 0.2) is 11.5 Å². The van der Waals surface area contributed by atoms with Gasteiger partial charge in [-0.3, -0.25) is 9.97 Å². The van der Waals surface area contributed by atoms with Crippen LogP contribution in [0, 0.1) is 0 Å². The van der Waals surface area contributed by atoms with E-state index in [2.05, 4.69) is 25.9 Å². The Morgan fingerprint density at radius 2 is 1.68 bits per heavy atom. The van der Waals surface area contributed by atoms with Crippen molar-refractivity contribution in [3.63, 3.8) is 0 Å². The Kier molecular flexibility index (Phi) is 5.14. The summed E-state index contributed by atoms with van der Waals surface area (Å²) in [6.07, 6.45) is 3.19. The highest BCUT2D eigenvalue weighted by atomic mass is 79.9. The molecule has 0 amide bonds. The smallest absolute Gasteiger partial charge is 0.338 e. The average Bonchev–Trinajstić information content (AvgIpc) is 2.66. The van der Waals surface area contributed by atoms with Crippen molar-refractivity contribution in [1.82, 2.24) is 9.97 Å². The van der Waals surface area contributed by atoms with Gasteiger partial charge in [0, 0.05) is 22.4 Å². The number of nitrogens with zero attached hydrogens (tertiary/aromatic N) is 2. The number of methoxy groups -OCH3 is 2. The SMILES string of the molecule is COc1cc(Br)c(COC(=O)c2ccc3nccnc3c2)cc1OC. The zero-order chi connectivity index (χ0) is 17.8. The Bertz CT molecular complexity index is 930. The van der Waals surface area contributed by atoms with Gasteiger partial charge >= 0.3 is 5.97 Å². The van der Waals surface area contributed by atoms with Gasteiger partial charge in [-0.2, -0.15) is 0 Å². The molecule has 2 aromatic carbocycles. The van der Waals surface area contributed by atoms with E-state index < -0.39 is 5.97 Å². The van der Waals surface area contributed by atoms with Crippen molar-refractivity contribution in [2.75, 3.05) is 14.2 Å². The second kappa shape index (κ2) is 7.48. The lowest BCUT2D eigenvalue weighted by Crippen LogP contribution is -2.06. The first-order valence-corrected chi connectivity index (χ1v) is 8.20. The van der Waals surface area contributed by atoms with Crippen molar-refractivity contribution < 1.29 is 19.0 Å². The van der Waals surface area contributed by atoms with Gasteiger partial charge in [-0.05, 0) is 30.3 Å². The Labute approximate surface area is 152 Å². The Balaban J connectivity index is 1.77. The van der Waals surface area contributed by atoms with Crippen LogP contribution >= 0.6 is 15.9 Å². The lowest BCUT2D eigenvalue weighted by Gasteiger charge is -2.12. The molecule has 0 aliphatic carbocycles. The maximum atomic E-state index is 12.3. The summed E-state index contributed by atoms with van der Waals surface area (Å²) in [5, 5.41) is 0. The number of benzene rings is 2. The van der Waals surface area contributed by atoms with E-state index in [1.807, 2.05) is 0 Å². The molecular formula is C18H15BrN2O4. The lowest BCUT2D eigenvalue weighted by atomic mass is 10.2. The molecule has 0 aliphatic rings. The van der Waals surface area contributed by atoms with Crippen molar-refractivity contribution in [3.05, 3.63) is 58.3 Å². The van der Waals surface area contributed by atoms with Crippen LogP contribution in [-0.2, 0) is 11.3 Å². The van der Waals surface area contributed by atoms with E-state index in [0.717, 1.165) is 15.6 Å². The third-order valence-electron chi connectivity index (χ3n) is 3.62. The molecule has 0 bridgehead atoms. The summed E-state index contributed by atoms with van der Waals surface area (Å²) in [5.41, 5.74) is 2.56. The molecule has 3 aromatic rings. The van der Waals surface area contributed by atoms with Crippen molar-refractivity contribution in [2.45, 2.75) is 6.61 Å². The molecule has 128 valence electrons. The fourth-order valence-corrected chi connectivity index (χ4v) is 2.76. The van der Waals surface area contributed by atoms with Crippen molar-refractivity contribution >= 4 is 32.9 Å². The van der Waals surface area contributed by atoms with Crippen LogP contribution in [0.3, 0.4) is 0 Å². The van der Waals surface area contributed by atoms with Crippen LogP contribution < -0.4 is 9.47 Å². The standard InChI is InChI=1S/C18H15BrN2O4/c1-23-16-8-12(13(19)9-17(16)24-2)10-25-18(22)11-3-4-14-15(7-11)21-6-5-20-14/h3-9H,10H2,1-2H3. The monoisotopic (exact) mass is 402 g/mol. The summed E-state index contributed by atoms with van der Waals surface area (Å²) >= 11 is 3.45. The molecule has 25 heavy (non-hydrogen) atoms. The quantitative estimate of drug-likeness (QED) is 0.605. The average molecular weight is 403 g/mol. The topological polar surface area (TPSA) is 70.5 Å². The number of rotatable bonds is 5. The van der Waals surface area contributed by atoms with Gasteiger partial charge in [0.05, 0.1) is 30.8 Å². The number of hydrogen-bond donors (Lipinski definition) is 0. The molecule has 6 nitrogen and oxygen atoms in total. The van der Waals surface area contributed by atoms with Gasteiger partial charge in [-0.1, -0.05) is 15.9 Å². The molecule has 0 fully saturated rings. The molecule has 0 saturated heterocycles. The molecule has 1 aromatic heterocycles. The van der Waals surface area contributed by atoms with Crippen LogP contribution in [0.15, 0.2) is 47.2 Å². The number of aromatic nitrogens is 2. The van der Waals surface area contributed by atoms with Gasteiger partial charge in [0.2, 0.25) is 0 Å². The molecular weight excluding hydrogens is 388 g/mol. The number of hydrogen-bond acceptors (Lipinski definition) is 6. The predicted molar refractivity (Wildman–Crippen MR) is 95.9 cm³/mol. The first-order chi connectivity index (χ1) is 12.1. The minimum absolute atomic E-state index is 0.0955. The molecule has 1 heterocycles. The fourth-order valence-electron chi connectivity index (χ4n) is 2.32. The van der Waals surface area contributed by atoms with Crippen LogP contribution in [0.4, 0.5) is 0 Å². The highest BCUT2D eigenvalue weighted by Gasteiger charge is 2.13. The summed E-state index contributed by atoms with van der Waals surface area (Å²) < 4.78 is 16.7. The van der Waals surface area contributed by atoms with E-state index in [9.17, 15) is 4.79 Å². The largest absolute Gasteiger partial charge is 0.493 e. The third-order valence-corrected chi connectivity index (χ3v) is 4.35. The highest BCUT2D eigenvalue weighted by Crippen LogP contribution is 2.33. The Hall–Kier alpha value is -2.67.